The molecule has 3 heterocycles. The highest BCUT2D eigenvalue weighted by Gasteiger charge is 2.42. The molecule has 0 saturated carbocycles. The van der Waals surface area contributed by atoms with Crippen molar-refractivity contribution in [3.63, 3.8) is 0 Å². The zero-order chi connectivity index (χ0) is 23.2. The van der Waals surface area contributed by atoms with Gasteiger partial charge in [-0.05, 0) is 31.6 Å². The Bertz CT molecular complexity index is 1380. The highest BCUT2D eigenvalue weighted by atomic mass is 32.2. The number of carbonyl (C=O) groups excluding carboxylic acids is 1. The third-order valence-corrected chi connectivity index (χ3v) is 8.85. The van der Waals surface area contributed by atoms with Crippen molar-refractivity contribution in [1.29, 1.82) is 0 Å². The lowest BCUT2D eigenvalue weighted by molar-refractivity contribution is -0.123. The molecule has 0 N–H and O–H groups in total. The molecule has 9 heteroatoms. The fraction of sp³-hybridized carbons (Fsp3) is 0.208. The van der Waals surface area contributed by atoms with Gasteiger partial charge in [0.05, 0.1) is 33.8 Å². The van der Waals surface area contributed by atoms with Crippen molar-refractivity contribution in [3.05, 3.63) is 76.8 Å². The van der Waals surface area contributed by atoms with Gasteiger partial charge in [-0.15, -0.1) is 0 Å². The average molecular weight is 496 g/mol. The molecular formula is C24H21N3O3S3. The van der Waals surface area contributed by atoms with Crippen LogP contribution in [0, 0.1) is 6.92 Å². The summed E-state index contributed by atoms with van der Waals surface area (Å²) < 4.78 is 26.1. The van der Waals surface area contributed by atoms with Gasteiger partial charge in [0.2, 0.25) is 0 Å². The number of para-hydroxylation sites is 1. The van der Waals surface area contributed by atoms with Crippen LogP contribution in [0.2, 0.25) is 0 Å². The van der Waals surface area contributed by atoms with Crippen LogP contribution in [-0.2, 0) is 14.6 Å². The van der Waals surface area contributed by atoms with Crippen molar-refractivity contribution in [2.45, 2.75) is 19.4 Å². The van der Waals surface area contributed by atoms with Crippen LogP contribution >= 0.6 is 24.0 Å². The number of amides is 1. The number of aromatic nitrogens is 2. The normalized spacial score (nSPS) is 21.3. The Kier molecular flexibility index (Phi) is 5.72. The van der Waals surface area contributed by atoms with E-state index in [1.54, 1.807) is 4.68 Å². The molecule has 0 aliphatic carbocycles. The number of nitrogens with zero attached hydrogens (tertiary/aromatic N) is 3. The largest absolute Gasteiger partial charge is 0.289 e. The van der Waals surface area contributed by atoms with Gasteiger partial charge < -0.3 is 0 Å². The van der Waals surface area contributed by atoms with Gasteiger partial charge in [0.15, 0.2) is 9.84 Å². The van der Waals surface area contributed by atoms with Crippen LogP contribution in [0.1, 0.15) is 17.5 Å². The maximum atomic E-state index is 13.2. The van der Waals surface area contributed by atoms with Gasteiger partial charge in [-0.1, -0.05) is 72.0 Å². The molecule has 2 saturated heterocycles. The lowest BCUT2D eigenvalue weighted by Gasteiger charge is -2.20. The molecule has 2 aromatic carbocycles. The van der Waals surface area contributed by atoms with Crippen molar-refractivity contribution in [2.75, 3.05) is 11.5 Å². The second-order valence-electron chi connectivity index (χ2n) is 8.19. The lowest BCUT2D eigenvalue weighted by atomic mass is 10.1. The van der Waals surface area contributed by atoms with E-state index in [0.717, 1.165) is 28.1 Å². The Balaban J connectivity index is 1.54. The zero-order valence-electron chi connectivity index (χ0n) is 17.8. The van der Waals surface area contributed by atoms with Crippen molar-refractivity contribution < 1.29 is 13.2 Å². The van der Waals surface area contributed by atoms with Crippen molar-refractivity contribution in [2.24, 2.45) is 0 Å². The first-order chi connectivity index (χ1) is 15.8. The molecule has 6 nitrogen and oxygen atoms in total. The van der Waals surface area contributed by atoms with E-state index in [1.807, 2.05) is 73.8 Å². The van der Waals surface area contributed by atoms with Gasteiger partial charge >= 0.3 is 0 Å². The number of sulfone groups is 1. The minimum atomic E-state index is -3.13. The summed E-state index contributed by atoms with van der Waals surface area (Å²) in [6.45, 7) is 2.03. The van der Waals surface area contributed by atoms with Crippen LogP contribution in [-0.4, -0.2) is 50.9 Å². The maximum absolute atomic E-state index is 13.2. The van der Waals surface area contributed by atoms with Crippen LogP contribution < -0.4 is 0 Å². The summed E-state index contributed by atoms with van der Waals surface area (Å²) in [7, 11) is -3.13. The average Bonchev–Trinajstić information content (AvgIpc) is 3.45. The number of hydrogen-bond acceptors (Lipinski definition) is 6. The van der Waals surface area contributed by atoms with Gasteiger partial charge in [-0.25, -0.2) is 13.1 Å². The van der Waals surface area contributed by atoms with E-state index in [0.29, 0.717) is 15.6 Å². The van der Waals surface area contributed by atoms with E-state index in [2.05, 4.69) is 0 Å². The van der Waals surface area contributed by atoms with E-state index in [9.17, 15) is 13.2 Å². The van der Waals surface area contributed by atoms with Crippen LogP contribution in [0.25, 0.3) is 23.0 Å². The number of hydrogen-bond donors (Lipinski definition) is 0. The number of rotatable bonds is 4. The number of carbonyl (C=O) groups is 1. The molecule has 3 aromatic rings. The van der Waals surface area contributed by atoms with Gasteiger partial charge in [0.1, 0.15) is 4.32 Å². The first-order valence-electron chi connectivity index (χ1n) is 10.5. The molecule has 1 aromatic heterocycles. The van der Waals surface area contributed by atoms with Crippen LogP contribution in [0.5, 0.6) is 0 Å². The predicted molar refractivity (Wildman–Crippen MR) is 136 cm³/mol. The molecule has 2 fully saturated rings. The molecule has 33 heavy (non-hydrogen) atoms. The fourth-order valence-corrected chi connectivity index (χ4v) is 7.15. The molecule has 0 spiro atoms. The number of benzene rings is 2. The fourth-order valence-electron chi connectivity index (χ4n) is 4.06. The molecule has 2 aliphatic heterocycles. The van der Waals surface area contributed by atoms with Gasteiger partial charge in [0, 0.05) is 17.3 Å². The molecule has 2 aliphatic rings. The molecular weight excluding hydrogens is 474 g/mol. The van der Waals surface area contributed by atoms with Crippen molar-refractivity contribution in [3.8, 4) is 16.9 Å². The summed E-state index contributed by atoms with van der Waals surface area (Å²) >= 11 is 6.67. The van der Waals surface area contributed by atoms with Crippen LogP contribution in [0.4, 0.5) is 0 Å². The summed E-state index contributed by atoms with van der Waals surface area (Å²) in [6, 6.07) is 17.5. The summed E-state index contributed by atoms with van der Waals surface area (Å²) in [5.41, 5.74) is 4.55. The molecule has 5 rings (SSSR count). The lowest BCUT2D eigenvalue weighted by Crippen LogP contribution is -2.39. The number of thioether (sulfide) groups is 1. The van der Waals surface area contributed by atoms with E-state index in [1.165, 1.54) is 16.7 Å². The standard InChI is InChI=1S/C24H21N3O3S3/c1-16-7-9-17(10-8-16)22-18(14-26(25-22)19-5-3-2-4-6-19)13-21-23(28)27(24(31)32-21)20-11-12-33(29,30)15-20/h2-10,13-14,20H,11-12,15H2,1H3/b21-13+/t20-/m0/s1. The highest BCUT2D eigenvalue weighted by molar-refractivity contribution is 8.26. The summed E-state index contributed by atoms with van der Waals surface area (Å²) in [5, 5.41) is 4.81. The van der Waals surface area contributed by atoms with E-state index in [4.69, 9.17) is 17.3 Å². The Labute approximate surface area is 202 Å². The van der Waals surface area contributed by atoms with E-state index < -0.39 is 15.9 Å². The third-order valence-electron chi connectivity index (χ3n) is 5.77. The number of thiocarbonyl (C=S) groups is 1. The molecule has 0 radical (unpaired) electrons. The predicted octanol–water partition coefficient (Wildman–Crippen LogP) is 4.24. The zero-order valence-corrected chi connectivity index (χ0v) is 20.3. The van der Waals surface area contributed by atoms with E-state index >= 15 is 0 Å². The Morgan fingerprint density at radius 2 is 1.85 bits per heavy atom. The van der Waals surface area contributed by atoms with Crippen LogP contribution in [0.15, 0.2) is 65.7 Å². The number of aryl methyl sites for hydroxylation is 1. The second-order valence-corrected chi connectivity index (χ2v) is 12.1. The minimum Gasteiger partial charge on any atom is -0.289 e. The van der Waals surface area contributed by atoms with E-state index in [-0.39, 0.29) is 17.4 Å². The van der Waals surface area contributed by atoms with Gasteiger partial charge in [-0.2, -0.15) is 5.10 Å². The monoisotopic (exact) mass is 495 g/mol. The van der Waals surface area contributed by atoms with Crippen molar-refractivity contribution >= 4 is 50.1 Å². The Morgan fingerprint density at radius 3 is 2.52 bits per heavy atom. The molecule has 1 atom stereocenters. The quantitative estimate of drug-likeness (QED) is 0.398. The molecule has 0 unspecified atom stereocenters. The van der Waals surface area contributed by atoms with Gasteiger partial charge in [-0.3, -0.25) is 9.69 Å². The first-order valence-corrected chi connectivity index (χ1v) is 13.5. The third kappa shape index (κ3) is 4.40. The maximum Gasteiger partial charge on any atom is 0.266 e. The van der Waals surface area contributed by atoms with Gasteiger partial charge in [0.25, 0.3) is 5.91 Å². The Hall–Kier alpha value is -2.75. The second kappa shape index (κ2) is 8.55. The summed E-state index contributed by atoms with van der Waals surface area (Å²) in [5.74, 6) is -0.183. The van der Waals surface area contributed by atoms with Crippen LogP contribution in [0.3, 0.4) is 0 Å². The highest BCUT2D eigenvalue weighted by Crippen LogP contribution is 2.37. The minimum absolute atomic E-state index is 0.0344. The molecule has 1 amide bonds. The smallest absolute Gasteiger partial charge is 0.266 e. The summed E-state index contributed by atoms with van der Waals surface area (Å²) in [4.78, 5) is 15.2. The van der Waals surface area contributed by atoms with Crippen molar-refractivity contribution in [1.82, 2.24) is 14.7 Å². The molecule has 168 valence electrons. The molecule has 0 bridgehead atoms. The summed E-state index contributed by atoms with van der Waals surface area (Å²) in [6.07, 6.45) is 4.13. The topological polar surface area (TPSA) is 72.3 Å². The SMILES string of the molecule is Cc1ccc(-c2nn(-c3ccccc3)cc2/C=C2/SC(=S)N([C@H]3CCS(=O)(=O)C3)C2=O)cc1. The first kappa shape index (κ1) is 22.1. The Morgan fingerprint density at radius 1 is 1.12 bits per heavy atom.